The van der Waals surface area contributed by atoms with Gasteiger partial charge in [-0.15, -0.1) is 0 Å². The first-order valence-electron chi connectivity index (χ1n) is 8.51. The van der Waals surface area contributed by atoms with Crippen LogP contribution in [0.15, 0.2) is 18.2 Å². The summed E-state index contributed by atoms with van der Waals surface area (Å²) in [6, 6.07) is 3.76. The third-order valence-corrected chi connectivity index (χ3v) is 4.88. The molecule has 0 saturated carbocycles. The second-order valence-electron chi connectivity index (χ2n) is 6.43. The lowest BCUT2D eigenvalue weighted by molar-refractivity contribution is -0.137. The molecule has 1 aromatic rings. The number of unbranched alkanes of at least 4 members (excludes halogenated alkanes) is 2. The van der Waals surface area contributed by atoms with Crippen LogP contribution < -0.4 is 5.32 Å². The average Bonchev–Trinajstić information content (AvgIpc) is 2.88. The van der Waals surface area contributed by atoms with E-state index in [4.69, 9.17) is 16.7 Å². The molecule has 6 nitrogen and oxygen atoms in total. The van der Waals surface area contributed by atoms with E-state index in [1.54, 1.807) is 13.1 Å². The SMILES string of the molecule is CN1C(=O)CC(C(=O)NCCCCCC(=O)O)C1c1ccc(Cl)c(F)c1. The van der Waals surface area contributed by atoms with Crippen molar-refractivity contribution in [1.82, 2.24) is 10.2 Å². The van der Waals surface area contributed by atoms with Crippen LogP contribution in [0.4, 0.5) is 4.39 Å². The summed E-state index contributed by atoms with van der Waals surface area (Å²) in [6.45, 7) is 0.411. The quantitative estimate of drug-likeness (QED) is 0.675. The van der Waals surface area contributed by atoms with Gasteiger partial charge in [0.05, 0.1) is 17.0 Å². The van der Waals surface area contributed by atoms with Crippen molar-refractivity contribution in [3.63, 3.8) is 0 Å². The number of hydrogen-bond acceptors (Lipinski definition) is 3. The zero-order chi connectivity index (χ0) is 19.3. The number of nitrogens with one attached hydrogen (secondary N) is 1. The van der Waals surface area contributed by atoms with Crippen LogP contribution in [-0.4, -0.2) is 41.4 Å². The summed E-state index contributed by atoms with van der Waals surface area (Å²) in [7, 11) is 1.60. The Bertz CT molecular complexity index is 698. The number of likely N-dealkylation sites (tertiary alicyclic amines) is 1. The summed E-state index contributed by atoms with van der Waals surface area (Å²) < 4.78 is 13.8. The van der Waals surface area contributed by atoms with Crippen LogP contribution in [0.2, 0.25) is 5.02 Å². The largest absolute Gasteiger partial charge is 0.481 e. The Hall–Kier alpha value is -2.15. The summed E-state index contributed by atoms with van der Waals surface area (Å²) in [5.74, 6) is -2.46. The Morgan fingerprint density at radius 3 is 2.73 bits per heavy atom. The Morgan fingerprint density at radius 2 is 2.08 bits per heavy atom. The van der Waals surface area contributed by atoms with E-state index in [1.807, 2.05) is 0 Å². The van der Waals surface area contributed by atoms with Crippen molar-refractivity contribution in [1.29, 1.82) is 0 Å². The van der Waals surface area contributed by atoms with E-state index in [0.29, 0.717) is 31.4 Å². The number of halogens is 2. The van der Waals surface area contributed by atoms with Gasteiger partial charge in [-0.05, 0) is 30.5 Å². The Morgan fingerprint density at radius 1 is 1.35 bits per heavy atom. The molecule has 2 unspecified atom stereocenters. The van der Waals surface area contributed by atoms with E-state index in [2.05, 4.69) is 5.32 Å². The van der Waals surface area contributed by atoms with Crippen LogP contribution in [-0.2, 0) is 14.4 Å². The van der Waals surface area contributed by atoms with E-state index in [9.17, 15) is 18.8 Å². The van der Waals surface area contributed by atoms with Crippen LogP contribution in [0, 0.1) is 11.7 Å². The number of carboxylic acids is 1. The fourth-order valence-corrected chi connectivity index (χ4v) is 3.30. The molecule has 2 rings (SSSR count). The Labute approximate surface area is 156 Å². The van der Waals surface area contributed by atoms with E-state index in [-0.39, 0.29) is 29.7 Å². The van der Waals surface area contributed by atoms with E-state index in [1.165, 1.54) is 17.0 Å². The molecule has 2 amide bonds. The lowest BCUT2D eigenvalue weighted by atomic mass is 9.92. The first-order chi connectivity index (χ1) is 12.3. The van der Waals surface area contributed by atoms with E-state index < -0.39 is 23.7 Å². The number of rotatable bonds is 8. The normalized spacial score (nSPS) is 19.7. The molecule has 2 atom stereocenters. The molecule has 1 aromatic carbocycles. The van der Waals surface area contributed by atoms with Gasteiger partial charge in [-0.25, -0.2) is 4.39 Å². The minimum Gasteiger partial charge on any atom is -0.481 e. The molecule has 0 aliphatic carbocycles. The highest BCUT2D eigenvalue weighted by Gasteiger charge is 2.42. The van der Waals surface area contributed by atoms with Gasteiger partial charge >= 0.3 is 5.97 Å². The van der Waals surface area contributed by atoms with Gasteiger partial charge in [0.2, 0.25) is 11.8 Å². The molecule has 8 heteroatoms. The lowest BCUT2D eigenvalue weighted by Gasteiger charge is -2.25. The first kappa shape index (κ1) is 20.2. The van der Waals surface area contributed by atoms with Gasteiger partial charge in [-0.2, -0.15) is 0 Å². The van der Waals surface area contributed by atoms with Crippen LogP contribution in [0.3, 0.4) is 0 Å². The maximum Gasteiger partial charge on any atom is 0.303 e. The highest BCUT2D eigenvalue weighted by molar-refractivity contribution is 6.30. The minimum absolute atomic E-state index is 0.0110. The van der Waals surface area contributed by atoms with Crippen LogP contribution in [0.1, 0.15) is 43.7 Å². The first-order valence-corrected chi connectivity index (χ1v) is 8.89. The molecule has 1 fully saturated rings. The summed E-state index contributed by atoms with van der Waals surface area (Å²) in [6.07, 6.45) is 2.09. The van der Waals surface area contributed by atoms with Gasteiger partial charge in [-0.1, -0.05) is 24.1 Å². The van der Waals surface area contributed by atoms with Crippen molar-refractivity contribution >= 4 is 29.4 Å². The highest BCUT2D eigenvalue weighted by atomic mass is 35.5. The van der Waals surface area contributed by atoms with Crippen molar-refractivity contribution in [2.24, 2.45) is 5.92 Å². The summed E-state index contributed by atoms with van der Waals surface area (Å²) >= 11 is 5.71. The zero-order valence-corrected chi connectivity index (χ0v) is 15.3. The lowest BCUT2D eigenvalue weighted by Crippen LogP contribution is -2.35. The molecule has 0 bridgehead atoms. The fourth-order valence-electron chi connectivity index (χ4n) is 3.18. The Kier molecular flexibility index (Phi) is 6.97. The predicted molar refractivity (Wildman–Crippen MR) is 94.1 cm³/mol. The maximum atomic E-state index is 13.8. The smallest absolute Gasteiger partial charge is 0.303 e. The van der Waals surface area contributed by atoms with E-state index in [0.717, 1.165) is 0 Å². The number of hydrogen-bond donors (Lipinski definition) is 2. The van der Waals surface area contributed by atoms with Crippen LogP contribution in [0.25, 0.3) is 0 Å². The number of amides is 2. The molecular formula is C18H22ClFN2O4. The number of aliphatic carboxylic acids is 1. The number of carbonyl (C=O) groups excluding carboxylic acids is 2. The minimum atomic E-state index is -0.834. The van der Waals surface area contributed by atoms with Gasteiger partial charge in [0.25, 0.3) is 0 Å². The van der Waals surface area contributed by atoms with Crippen molar-refractivity contribution < 1.29 is 23.9 Å². The van der Waals surface area contributed by atoms with E-state index >= 15 is 0 Å². The summed E-state index contributed by atoms with van der Waals surface area (Å²) in [5.41, 5.74) is 0.529. The number of carboxylic acid groups (broad SMARTS) is 1. The molecule has 1 heterocycles. The van der Waals surface area contributed by atoms with Gasteiger partial charge in [0.15, 0.2) is 0 Å². The molecule has 2 N–H and O–H groups in total. The van der Waals surface area contributed by atoms with Gasteiger partial charge < -0.3 is 15.3 Å². The third kappa shape index (κ3) is 4.94. The topological polar surface area (TPSA) is 86.7 Å². The third-order valence-electron chi connectivity index (χ3n) is 4.57. The summed E-state index contributed by atoms with van der Waals surface area (Å²) in [4.78, 5) is 36.5. The van der Waals surface area contributed by atoms with Gasteiger partial charge in [0.1, 0.15) is 5.82 Å². The molecule has 1 saturated heterocycles. The average molecular weight is 385 g/mol. The Balaban J connectivity index is 1.97. The fraction of sp³-hybridized carbons (Fsp3) is 0.500. The number of benzene rings is 1. The molecule has 142 valence electrons. The number of nitrogens with zero attached hydrogens (tertiary/aromatic N) is 1. The van der Waals surface area contributed by atoms with Crippen LogP contribution >= 0.6 is 11.6 Å². The molecule has 1 aliphatic rings. The molecule has 0 spiro atoms. The second-order valence-corrected chi connectivity index (χ2v) is 6.84. The van der Waals surface area contributed by atoms with Gasteiger partial charge in [0, 0.05) is 26.4 Å². The monoisotopic (exact) mass is 384 g/mol. The number of carbonyl (C=O) groups is 3. The highest BCUT2D eigenvalue weighted by Crippen LogP contribution is 2.38. The van der Waals surface area contributed by atoms with Crippen molar-refractivity contribution in [3.8, 4) is 0 Å². The predicted octanol–water partition coefficient (Wildman–Crippen LogP) is 2.76. The van der Waals surface area contributed by atoms with Crippen molar-refractivity contribution in [2.75, 3.05) is 13.6 Å². The van der Waals surface area contributed by atoms with Crippen molar-refractivity contribution in [3.05, 3.63) is 34.6 Å². The zero-order valence-electron chi connectivity index (χ0n) is 14.5. The van der Waals surface area contributed by atoms with Gasteiger partial charge in [-0.3, -0.25) is 14.4 Å². The standard InChI is InChI=1S/C18H22ClFN2O4/c1-22-15(23)10-12(17(22)11-6-7-13(19)14(20)9-11)18(26)21-8-4-2-3-5-16(24)25/h6-7,9,12,17H,2-5,8,10H2,1H3,(H,21,26)(H,24,25). The maximum absolute atomic E-state index is 13.8. The summed E-state index contributed by atoms with van der Waals surface area (Å²) in [5, 5.41) is 11.4. The van der Waals surface area contributed by atoms with Crippen molar-refractivity contribution in [2.45, 2.75) is 38.1 Å². The molecule has 1 aliphatic heterocycles. The molecule has 26 heavy (non-hydrogen) atoms. The molecule has 0 radical (unpaired) electrons. The van der Waals surface area contributed by atoms with Crippen LogP contribution in [0.5, 0.6) is 0 Å². The molecular weight excluding hydrogens is 363 g/mol. The second kappa shape index (κ2) is 8.98. The molecule has 0 aromatic heterocycles.